The molecule has 0 saturated heterocycles. The molecule has 0 fully saturated rings. The Morgan fingerprint density at radius 2 is 2.10 bits per heavy atom. The van der Waals surface area contributed by atoms with Crippen molar-refractivity contribution in [1.29, 1.82) is 0 Å². The van der Waals surface area contributed by atoms with Gasteiger partial charge in [0.15, 0.2) is 5.82 Å². The smallest absolute Gasteiger partial charge is 0.151 e. The largest absolute Gasteiger partial charge is 0.378 e. The summed E-state index contributed by atoms with van der Waals surface area (Å²) in [5.74, 6) is 1.37. The Morgan fingerprint density at radius 3 is 2.75 bits per heavy atom. The van der Waals surface area contributed by atoms with Crippen LogP contribution in [0, 0.1) is 0 Å². The van der Waals surface area contributed by atoms with Gasteiger partial charge in [0, 0.05) is 45.6 Å². The average Bonchev–Trinajstić information content (AvgIpc) is 2.78. The van der Waals surface area contributed by atoms with Gasteiger partial charge in [-0.1, -0.05) is 13.8 Å². The Kier molecular flexibility index (Phi) is 4.27. The van der Waals surface area contributed by atoms with Crippen molar-refractivity contribution in [2.45, 2.75) is 26.3 Å². The molecule has 0 atom stereocenters. The van der Waals surface area contributed by atoms with Crippen LogP contribution in [0.15, 0.2) is 24.5 Å². The van der Waals surface area contributed by atoms with Crippen molar-refractivity contribution < 1.29 is 0 Å². The van der Waals surface area contributed by atoms with Crippen molar-refractivity contribution in [2.75, 3.05) is 24.3 Å². The Hall–Kier alpha value is -2.04. The Morgan fingerprint density at radius 1 is 1.35 bits per heavy atom. The van der Waals surface area contributed by atoms with Crippen LogP contribution in [0.3, 0.4) is 0 Å². The van der Waals surface area contributed by atoms with Crippen molar-refractivity contribution >= 4 is 11.5 Å². The summed E-state index contributed by atoms with van der Waals surface area (Å²) in [7, 11) is 5.96. The lowest BCUT2D eigenvalue weighted by atomic mass is 10.1. The second-order valence-corrected chi connectivity index (χ2v) is 5.49. The number of anilines is 2. The zero-order valence-corrected chi connectivity index (χ0v) is 12.9. The third-order valence-electron chi connectivity index (χ3n) is 3.16. The van der Waals surface area contributed by atoms with E-state index in [0.717, 1.165) is 23.7 Å². The van der Waals surface area contributed by atoms with Gasteiger partial charge in [0.2, 0.25) is 0 Å². The van der Waals surface area contributed by atoms with Crippen LogP contribution in [0.4, 0.5) is 11.5 Å². The maximum absolute atomic E-state index is 4.53. The molecule has 20 heavy (non-hydrogen) atoms. The fourth-order valence-corrected chi connectivity index (χ4v) is 2.26. The SMILES string of the molecule is CC(C)c1nn(C)cc1CNc1cccnc1N(C)C. The van der Waals surface area contributed by atoms with Crippen LogP contribution in [0.2, 0.25) is 0 Å². The van der Waals surface area contributed by atoms with Crippen molar-refractivity contribution in [3.8, 4) is 0 Å². The molecule has 2 aromatic rings. The van der Waals surface area contributed by atoms with E-state index in [0.29, 0.717) is 5.92 Å². The van der Waals surface area contributed by atoms with E-state index in [1.165, 1.54) is 5.56 Å². The van der Waals surface area contributed by atoms with E-state index in [1.54, 1.807) is 0 Å². The standard InChI is InChI=1S/C15H23N5/c1-11(2)14-12(10-20(5)18-14)9-17-13-7-6-8-16-15(13)19(3)4/h6-8,10-11,17H,9H2,1-5H3. The van der Waals surface area contributed by atoms with Gasteiger partial charge in [-0.3, -0.25) is 4.68 Å². The van der Waals surface area contributed by atoms with Crippen LogP contribution in [-0.4, -0.2) is 28.9 Å². The summed E-state index contributed by atoms with van der Waals surface area (Å²) in [5.41, 5.74) is 3.42. The molecule has 0 saturated carbocycles. The maximum atomic E-state index is 4.53. The molecular formula is C15H23N5. The van der Waals surface area contributed by atoms with E-state index in [-0.39, 0.29) is 0 Å². The lowest BCUT2D eigenvalue weighted by Gasteiger charge is -2.17. The van der Waals surface area contributed by atoms with Gasteiger partial charge in [0.05, 0.1) is 11.4 Å². The van der Waals surface area contributed by atoms with E-state index < -0.39 is 0 Å². The second kappa shape index (κ2) is 5.94. The molecule has 0 bridgehead atoms. The summed E-state index contributed by atoms with van der Waals surface area (Å²) in [6.07, 6.45) is 3.89. The van der Waals surface area contributed by atoms with E-state index in [1.807, 2.05) is 49.1 Å². The molecular weight excluding hydrogens is 250 g/mol. The van der Waals surface area contributed by atoms with Crippen LogP contribution >= 0.6 is 0 Å². The van der Waals surface area contributed by atoms with Gasteiger partial charge in [0.25, 0.3) is 0 Å². The first-order valence-electron chi connectivity index (χ1n) is 6.87. The van der Waals surface area contributed by atoms with Crippen LogP contribution in [0.5, 0.6) is 0 Å². The summed E-state index contributed by atoms with van der Waals surface area (Å²) in [4.78, 5) is 6.40. The van der Waals surface area contributed by atoms with Gasteiger partial charge in [-0.2, -0.15) is 5.10 Å². The summed E-state index contributed by atoms with van der Waals surface area (Å²) >= 11 is 0. The molecule has 108 valence electrons. The van der Waals surface area contributed by atoms with E-state index in [2.05, 4.69) is 35.4 Å². The molecule has 5 heteroatoms. The van der Waals surface area contributed by atoms with E-state index in [9.17, 15) is 0 Å². The summed E-state index contributed by atoms with van der Waals surface area (Å²) in [6.45, 7) is 5.09. The van der Waals surface area contributed by atoms with Crippen molar-refractivity contribution in [1.82, 2.24) is 14.8 Å². The van der Waals surface area contributed by atoms with Crippen molar-refractivity contribution in [3.63, 3.8) is 0 Å². The third-order valence-corrected chi connectivity index (χ3v) is 3.16. The van der Waals surface area contributed by atoms with Crippen molar-refractivity contribution in [3.05, 3.63) is 35.8 Å². The highest BCUT2D eigenvalue weighted by Crippen LogP contribution is 2.23. The van der Waals surface area contributed by atoms with Crippen LogP contribution < -0.4 is 10.2 Å². The lowest BCUT2D eigenvalue weighted by Crippen LogP contribution is -2.14. The van der Waals surface area contributed by atoms with Gasteiger partial charge in [-0.15, -0.1) is 0 Å². The number of hydrogen-bond acceptors (Lipinski definition) is 4. The zero-order chi connectivity index (χ0) is 14.7. The maximum Gasteiger partial charge on any atom is 0.151 e. The molecule has 0 spiro atoms. The molecule has 2 heterocycles. The summed E-state index contributed by atoms with van der Waals surface area (Å²) in [5, 5.41) is 7.99. The lowest BCUT2D eigenvalue weighted by molar-refractivity contribution is 0.712. The summed E-state index contributed by atoms with van der Waals surface area (Å²) in [6, 6.07) is 4.00. The number of pyridine rings is 1. The first-order chi connectivity index (χ1) is 9.49. The highest BCUT2D eigenvalue weighted by Gasteiger charge is 2.12. The molecule has 0 aliphatic rings. The zero-order valence-electron chi connectivity index (χ0n) is 12.9. The van der Waals surface area contributed by atoms with E-state index in [4.69, 9.17) is 0 Å². The minimum absolute atomic E-state index is 0.426. The summed E-state index contributed by atoms with van der Waals surface area (Å²) < 4.78 is 1.88. The fourth-order valence-electron chi connectivity index (χ4n) is 2.26. The predicted octanol–water partition coefficient (Wildman–Crippen LogP) is 2.62. The minimum atomic E-state index is 0.426. The molecule has 0 radical (unpaired) electrons. The first-order valence-corrected chi connectivity index (χ1v) is 6.87. The minimum Gasteiger partial charge on any atom is -0.378 e. The second-order valence-electron chi connectivity index (χ2n) is 5.49. The Bertz CT molecular complexity index is 571. The van der Waals surface area contributed by atoms with Gasteiger partial charge in [-0.05, 0) is 18.1 Å². The van der Waals surface area contributed by atoms with Crippen molar-refractivity contribution in [2.24, 2.45) is 7.05 Å². The molecule has 2 rings (SSSR count). The number of aromatic nitrogens is 3. The average molecular weight is 273 g/mol. The quantitative estimate of drug-likeness (QED) is 0.909. The molecule has 5 nitrogen and oxygen atoms in total. The van der Waals surface area contributed by atoms with Gasteiger partial charge < -0.3 is 10.2 Å². The molecule has 0 amide bonds. The van der Waals surface area contributed by atoms with Gasteiger partial charge in [0.1, 0.15) is 0 Å². The molecule has 1 N–H and O–H groups in total. The number of rotatable bonds is 5. The highest BCUT2D eigenvalue weighted by molar-refractivity contribution is 5.64. The number of nitrogens with one attached hydrogen (secondary N) is 1. The molecule has 2 aromatic heterocycles. The Labute approximate surface area is 120 Å². The fraction of sp³-hybridized carbons (Fsp3) is 0.467. The predicted molar refractivity (Wildman–Crippen MR) is 83.2 cm³/mol. The van der Waals surface area contributed by atoms with Crippen LogP contribution in [-0.2, 0) is 13.6 Å². The Balaban J connectivity index is 2.17. The first kappa shape index (κ1) is 14.4. The number of aryl methyl sites for hydroxylation is 1. The molecule has 0 aliphatic carbocycles. The topological polar surface area (TPSA) is 46.0 Å². The number of nitrogens with zero attached hydrogens (tertiary/aromatic N) is 4. The third kappa shape index (κ3) is 3.10. The van der Waals surface area contributed by atoms with Crippen LogP contribution in [0.25, 0.3) is 0 Å². The number of hydrogen-bond donors (Lipinski definition) is 1. The van der Waals surface area contributed by atoms with Gasteiger partial charge in [-0.25, -0.2) is 4.98 Å². The monoisotopic (exact) mass is 273 g/mol. The van der Waals surface area contributed by atoms with Crippen LogP contribution in [0.1, 0.15) is 31.0 Å². The molecule has 0 aliphatic heterocycles. The van der Waals surface area contributed by atoms with Gasteiger partial charge >= 0.3 is 0 Å². The van der Waals surface area contributed by atoms with E-state index >= 15 is 0 Å². The highest BCUT2D eigenvalue weighted by atomic mass is 15.3. The normalized spacial score (nSPS) is 10.9. The molecule has 0 unspecified atom stereocenters. The molecule has 0 aromatic carbocycles.